The van der Waals surface area contributed by atoms with E-state index in [-0.39, 0.29) is 18.0 Å². The molecular formula is C14H12F2N2O3. The molecule has 7 heteroatoms. The molecule has 0 saturated heterocycles. The molecule has 0 atom stereocenters. The second-order valence-corrected chi connectivity index (χ2v) is 4.48. The van der Waals surface area contributed by atoms with Gasteiger partial charge in [0.25, 0.3) is 0 Å². The first kappa shape index (κ1) is 14.7. The Bertz CT molecular complexity index is 705. The molecule has 0 aromatic heterocycles. The fraction of sp³-hybridized carbons (Fsp3) is 0.143. The molecule has 0 radical (unpaired) electrons. The van der Waals surface area contributed by atoms with E-state index in [1.54, 1.807) is 25.1 Å². The van der Waals surface area contributed by atoms with E-state index in [1.165, 1.54) is 0 Å². The summed E-state index contributed by atoms with van der Waals surface area (Å²) in [7, 11) is 0. The maximum Gasteiger partial charge on any atom is 0.307 e. The molecule has 21 heavy (non-hydrogen) atoms. The number of aryl methyl sites for hydroxylation is 1. The third kappa shape index (κ3) is 3.07. The third-order valence-corrected chi connectivity index (χ3v) is 3.02. The van der Waals surface area contributed by atoms with Gasteiger partial charge in [-0.3, -0.25) is 10.1 Å². The van der Waals surface area contributed by atoms with Crippen molar-refractivity contribution in [2.75, 3.05) is 5.32 Å². The number of anilines is 1. The van der Waals surface area contributed by atoms with Gasteiger partial charge in [-0.2, -0.15) is 4.39 Å². The average molecular weight is 294 g/mol. The molecule has 0 bridgehead atoms. The molecule has 0 fully saturated rings. The number of nitro groups is 1. The summed E-state index contributed by atoms with van der Waals surface area (Å²) < 4.78 is 26.8. The summed E-state index contributed by atoms with van der Waals surface area (Å²) in [6.45, 7) is 1.76. The van der Waals surface area contributed by atoms with E-state index in [4.69, 9.17) is 0 Å². The number of para-hydroxylation sites is 1. The van der Waals surface area contributed by atoms with Gasteiger partial charge in [-0.05, 0) is 12.5 Å². The standard InChI is InChI=1S/C14H12F2N2O3/c1-8-3-2-4-9(14(8)19)7-17-12-6-13(18(20)21)11(16)5-10(12)15/h2-6,17,19H,7H2,1H3. The lowest BCUT2D eigenvalue weighted by molar-refractivity contribution is -0.387. The summed E-state index contributed by atoms with van der Waals surface area (Å²) in [4.78, 5) is 9.71. The van der Waals surface area contributed by atoms with Crippen molar-refractivity contribution in [3.05, 3.63) is 63.2 Å². The van der Waals surface area contributed by atoms with Gasteiger partial charge in [0.15, 0.2) is 0 Å². The quantitative estimate of drug-likeness (QED) is 0.668. The van der Waals surface area contributed by atoms with Crippen LogP contribution in [-0.4, -0.2) is 10.0 Å². The lowest BCUT2D eigenvalue weighted by Gasteiger charge is -2.10. The van der Waals surface area contributed by atoms with Gasteiger partial charge in [0.2, 0.25) is 5.82 Å². The van der Waals surface area contributed by atoms with Gasteiger partial charge in [-0.1, -0.05) is 18.2 Å². The molecule has 0 heterocycles. The highest BCUT2D eigenvalue weighted by molar-refractivity contribution is 5.54. The van der Waals surface area contributed by atoms with Crippen LogP contribution in [0.15, 0.2) is 30.3 Å². The molecule has 0 aliphatic rings. The number of benzene rings is 2. The number of nitrogens with one attached hydrogen (secondary N) is 1. The maximum atomic E-state index is 13.6. The predicted octanol–water partition coefficient (Wildman–Crippen LogP) is 3.50. The fourth-order valence-electron chi connectivity index (χ4n) is 1.87. The van der Waals surface area contributed by atoms with E-state index < -0.39 is 22.2 Å². The van der Waals surface area contributed by atoms with Gasteiger partial charge < -0.3 is 10.4 Å². The molecule has 0 unspecified atom stereocenters. The number of phenols is 1. The highest BCUT2D eigenvalue weighted by atomic mass is 19.1. The van der Waals surface area contributed by atoms with Crippen molar-refractivity contribution in [3.8, 4) is 5.75 Å². The fourth-order valence-corrected chi connectivity index (χ4v) is 1.87. The van der Waals surface area contributed by atoms with E-state index in [0.717, 1.165) is 6.07 Å². The van der Waals surface area contributed by atoms with Gasteiger partial charge in [-0.25, -0.2) is 4.39 Å². The van der Waals surface area contributed by atoms with Gasteiger partial charge >= 0.3 is 5.69 Å². The molecule has 0 aliphatic heterocycles. The molecule has 0 aliphatic carbocycles. The van der Waals surface area contributed by atoms with E-state index in [0.29, 0.717) is 17.2 Å². The number of nitrogens with zero attached hydrogens (tertiary/aromatic N) is 1. The smallest absolute Gasteiger partial charge is 0.307 e. The number of rotatable bonds is 4. The predicted molar refractivity (Wildman–Crippen MR) is 73.2 cm³/mol. The highest BCUT2D eigenvalue weighted by Crippen LogP contribution is 2.27. The van der Waals surface area contributed by atoms with Crippen LogP contribution >= 0.6 is 0 Å². The molecule has 110 valence electrons. The molecular weight excluding hydrogens is 282 g/mol. The Kier molecular flexibility index (Phi) is 4.02. The van der Waals surface area contributed by atoms with Gasteiger partial charge in [0.1, 0.15) is 11.6 Å². The first-order valence-electron chi connectivity index (χ1n) is 6.05. The van der Waals surface area contributed by atoms with Crippen molar-refractivity contribution in [1.82, 2.24) is 0 Å². The van der Waals surface area contributed by atoms with Gasteiger partial charge in [0, 0.05) is 24.2 Å². The van der Waals surface area contributed by atoms with Crippen LogP contribution in [0.25, 0.3) is 0 Å². The summed E-state index contributed by atoms with van der Waals surface area (Å²) in [5.74, 6) is -2.12. The van der Waals surface area contributed by atoms with E-state index in [9.17, 15) is 24.0 Å². The number of phenolic OH excluding ortho intramolecular Hbond substituents is 1. The molecule has 2 aromatic rings. The maximum absolute atomic E-state index is 13.6. The Morgan fingerprint density at radius 1 is 1.29 bits per heavy atom. The Morgan fingerprint density at radius 3 is 2.67 bits per heavy atom. The van der Waals surface area contributed by atoms with Crippen molar-refractivity contribution in [2.24, 2.45) is 0 Å². The van der Waals surface area contributed by atoms with E-state index >= 15 is 0 Å². The largest absolute Gasteiger partial charge is 0.507 e. The molecule has 0 amide bonds. The van der Waals surface area contributed by atoms with Crippen LogP contribution in [0, 0.1) is 28.7 Å². The summed E-state index contributed by atoms with van der Waals surface area (Å²) in [5.41, 5.74) is 0.137. The van der Waals surface area contributed by atoms with Gasteiger partial charge in [0.05, 0.1) is 10.6 Å². The summed E-state index contributed by atoms with van der Waals surface area (Å²) >= 11 is 0. The van der Waals surface area contributed by atoms with Gasteiger partial charge in [-0.15, -0.1) is 0 Å². The van der Waals surface area contributed by atoms with E-state index in [2.05, 4.69) is 5.32 Å². The topological polar surface area (TPSA) is 75.4 Å². The first-order valence-corrected chi connectivity index (χ1v) is 6.05. The van der Waals surface area contributed by atoms with Crippen molar-refractivity contribution in [2.45, 2.75) is 13.5 Å². The second kappa shape index (κ2) is 5.74. The van der Waals surface area contributed by atoms with E-state index in [1.807, 2.05) is 0 Å². The lowest BCUT2D eigenvalue weighted by atomic mass is 10.1. The second-order valence-electron chi connectivity index (χ2n) is 4.48. The zero-order valence-electron chi connectivity index (χ0n) is 11.1. The molecule has 0 saturated carbocycles. The van der Waals surface area contributed by atoms with Crippen molar-refractivity contribution in [3.63, 3.8) is 0 Å². The summed E-state index contributed by atoms with van der Waals surface area (Å²) in [6, 6.07) is 6.30. The van der Waals surface area contributed by atoms with Crippen LogP contribution in [0.3, 0.4) is 0 Å². The monoisotopic (exact) mass is 294 g/mol. The van der Waals surface area contributed by atoms with Crippen molar-refractivity contribution < 1.29 is 18.8 Å². The zero-order valence-corrected chi connectivity index (χ0v) is 11.1. The Labute approximate surface area is 119 Å². The Hall–Kier alpha value is -2.70. The molecule has 2 rings (SSSR count). The van der Waals surface area contributed by atoms with Crippen LogP contribution in [0.1, 0.15) is 11.1 Å². The Balaban J connectivity index is 2.26. The zero-order chi connectivity index (χ0) is 15.6. The number of aromatic hydroxyl groups is 1. The first-order chi connectivity index (χ1) is 9.90. The van der Waals surface area contributed by atoms with Crippen molar-refractivity contribution >= 4 is 11.4 Å². The highest BCUT2D eigenvalue weighted by Gasteiger charge is 2.18. The molecule has 5 nitrogen and oxygen atoms in total. The number of hydrogen-bond acceptors (Lipinski definition) is 4. The minimum atomic E-state index is -1.23. The van der Waals surface area contributed by atoms with Crippen LogP contribution in [0.4, 0.5) is 20.2 Å². The molecule has 2 N–H and O–H groups in total. The van der Waals surface area contributed by atoms with Crippen LogP contribution in [-0.2, 0) is 6.54 Å². The minimum absolute atomic E-state index is 0.0488. The summed E-state index contributed by atoms with van der Waals surface area (Å²) in [5, 5.41) is 23.1. The normalized spacial score (nSPS) is 10.4. The van der Waals surface area contributed by atoms with Crippen molar-refractivity contribution in [1.29, 1.82) is 0 Å². The average Bonchev–Trinajstić information content (AvgIpc) is 2.41. The summed E-state index contributed by atoms with van der Waals surface area (Å²) in [6.07, 6.45) is 0. The Morgan fingerprint density at radius 2 is 2.00 bits per heavy atom. The van der Waals surface area contributed by atoms with Crippen LogP contribution in [0.2, 0.25) is 0 Å². The number of nitro benzene ring substituents is 1. The minimum Gasteiger partial charge on any atom is -0.507 e. The van der Waals surface area contributed by atoms with Crippen LogP contribution in [0.5, 0.6) is 5.75 Å². The van der Waals surface area contributed by atoms with Crippen LogP contribution < -0.4 is 5.32 Å². The third-order valence-electron chi connectivity index (χ3n) is 3.02. The molecule has 2 aromatic carbocycles. The molecule has 0 spiro atoms. The SMILES string of the molecule is Cc1cccc(CNc2cc([N+](=O)[O-])c(F)cc2F)c1O. The number of hydrogen-bond donors (Lipinski definition) is 2. The lowest BCUT2D eigenvalue weighted by Crippen LogP contribution is -2.04. The number of halogens is 2.